The first-order valence-corrected chi connectivity index (χ1v) is 9.77. The molecule has 1 atom stereocenters. The Balaban J connectivity index is 2.11. The van der Waals surface area contributed by atoms with Gasteiger partial charge in [0.05, 0.1) is 18.0 Å². The van der Waals surface area contributed by atoms with Gasteiger partial charge in [-0.1, -0.05) is 36.4 Å². The Bertz CT molecular complexity index is 820. The maximum Gasteiger partial charge on any atom is 0.229 e. The molecule has 0 aliphatic carbocycles. The fourth-order valence-electron chi connectivity index (χ4n) is 2.47. The van der Waals surface area contributed by atoms with Gasteiger partial charge in [0.2, 0.25) is 10.0 Å². The zero-order valence-electron chi connectivity index (χ0n) is 14.5. The van der Waals surface area contributed by atoms with E-state index in [0.29, 0.717) is 5.56 Å². The fraction of sp³-hybridized carbons (Fsp3) is 0.333. The number of hydrogen-bond acceptors (Lipinski definition) is 5. The quantitative estimate of drug-likeness (QED) is 0.565. The standard InChI is InChI=1S/C18H24N2O4S/c1-18(2,14-7-5-4-6-8-14)19-12-17(22)13-9-10-16(21)15(11-13)20-25(3,23)24/h4-11,17,19-22H,12H2,1-3H3/t17-/m0/s1. The van der Waals surface area contributed by atoms with E-state index in [1.165, 1.54) is 12.1 Å². The molecule has 0 saturated heterocycles. The van der Waals surface area contributed by atoms with Gasteiger partial charge in [0.15, 0.2) is 0 Å². The zero-order valence-corrected chi connectivity index (χ0v) is 15.3. The van der Waals surface area contributed by atoms with Gasteiger partial charge in [-0.05, 0) is 37.1 Å². The molecule has 0 unspecified atom stereocenters. The molecule has 0 bridgehead atoms. The summed E-state index contributed by atoms with van der Waals surface area (Å²) in [6.45, 7) is 4.30. The molecule has 2 aromatic rings. The summed E-state index contributed by atoms with van der Waals surface area (Å²) < 4.78 is 24.9. The Morgan fingerprint density at radius 1 is 1.12 bits per heavy atom. The topological polar surface area (TPSA) is 98.7 Å². The van der Waals surface area contributed by atoms with Crippen molar-refractivity contribution in [2.45, 2.75) is 25.5 Å². The molecular weight excluding hydrogens is 340 g/mol. The fourth-order valence-corrected chi connectivity index (χ4v) is 3.03. The average Bonchev–Trinajstić information content (AvgIpc) is 2.54. The predicted octanol–water partition coefficient (Wildman–Crippen LogP) is 2.32. The summed E-state index contributed by atoms with van der Waals surface area (Å²) >= 11 is 0. The molecular formula is C18H24N2O4S. The third-order valence-corrected chi connectivity index (χ3v) is 4.52. The Hall–Kier alpha value is -2.09. The number of benzene rings is 2. The molecule has 0 radical (unpaired) electrons. The number of aromatic hydroxyl groups is 1. The summed E-state index contributed by atoms with van der Waals surface area (Å²) in [5.74, 6) is -0.195. The van der Waals surface area contributed by atoms with Crippen LogP contribution in [0.15, 0.2) is 48.5 Å². The molecule has 0 saturated carbocycles. The maximum atomic E-state index is 11.4. The van der Waals surface area contributed by atoms with Crippen molar-refractivity contribution in [3.05, 3.63) is 59.7 Å². The number of aliphatic hydroxyl groups is 1. The molecule has 0 aromatic heterocycles. The molecule has 0 heterocycles. The van der Waals surface area contributed by atoms with Crippen molar-refractivity contribution in [1.29, 1.82) is 0 Å². The van der Waals surface area contributed by atoms with Crippen LogP contribution < -0.4 is 10.0 Å². The van der Waals surface area contributed by atoms with Crippen LogP contribution >= 0.6 is 0 Å². The van der Waals surface area contributed by atoms with E-state index in [1.807, 2.05) is 44.2 Å². The minimum atomic E-state index is -3.52. The van der Waals surface area contributed by atoms with Crippen molar-refractivity contribution in [3.8, 4) is 5.75 Å². The predicted molar refractivity (Wildman–Crippen MR) is 99.0 cm³/mol. The largest absolute Gasteiger partial charge is 0.506 e. The normalized spacial score (nSPS) is 13.4. The van der Waals surface area contributed by atoms with Crippen molar-refractivity contribution >= 4 is 15.7 Å². The van der Waals surface area contributed by atoms with Crippen molar-refractivity contribution < 1.29 is 18.6 Å². The second-order valence-electron chi connectivity index (χ2n) is 6.54. The molecule has 0 amide bonds. The van der Waals surface area contributed by atoms with Gasteiger partial charge in [0.1, 0.15) is 5.75 Å². The summed E-state index contributed by atoms with van der Waals surface area (Å²) in [5.41, 5.74) is 1.29. The summed E-state index contributed by atoms with van der Waals surface area (Å²) in [4.78, 5) is 0. The van der Waals surface area contributed by atoms with Gasteiger partial charge in [0.25, 0.3) is 0 Å². The smallest absolute Gasteiger partial charge is 0.229 e. The number of phenols is 1. The second kappa shape index (κ2) is 7.43. The Kier molecular flexibility index (Phi) is 5.72. The van der Waals surface area contributed by atoms with Crippen LogP contribution in [0.25, 0.3) is 0 Å². The molecule has 136 valence electrons. The van der Waals surface area contributed by atoms with E-state index >= 15 is 0 Å². The molecule has 4 N–H and O–H groups in total. The average molecular weight is 364 g/mol. The minimum Gasteiger partial charge on any atom is -0.506 e. The Labute approximate surface area is 148 Å². The van der Waals surface area contributed by atoms with Crippen LogP contribution in [0.2, 0.25) is 0 Å². The summed E-state index contributed by atoms with van der Waals surface area (Å²) in [7, 11) is -3.52. The lowest BCUT2D eigenvalue weighted by molar-refractivity contribution is 0.161. The molecule has 2 aromatic carbocycles. The SMILES string of the molecule is CC(C)(NC[C@H](O)c1ccc(O)c(NS(C)(=O)=O)c1)c1ccccc1. The highest BCUT2D eigenvalue weighted by Gasteiger charge is 2.21. The van der Waals surface area contributed by atoms with Crippen LogP contribution in [0.3, 0.4) is 0 Å². The maximum absolute atomic E-state index is 11.4. The van der Waals surface area contributed by atoms with Crippen LogP contribution in [0, 0.1) is 0 Å². The zero-order chi connectivity index (χ0) is 18.7. The molecule has 0 aliphatic rings. The number of phenolic OH excluding ortho intramolecular Hbond substituents is 1. The summed E-state index contributed by atoms with van der Waals surface area (Å²) in [6, 6.07) is 14.2. The lowest BCUT2D eigenvalue weighted by atomic mass is 9.94. The van der Waals surface area contributed by atoms with Crippen molar-refractivity contribution in [1.82, 2.24) is 5.32 Å². The number of anilines is 1. The minimum absolute atomic E-state index is 0.0429. The van der Waals surface area contributed by atoms with Crippen LogP contribution in [-0.4, -0.2) is 31.4 Å². The molecule has 6 nitrogen and oxygen atoms in total. The second-order valence-corrected chi connectivity index (χ2v) is 8.29. The first kappa shape index (κ1) is 19.2. The number of aliphatic hydroxyl groups excluding tert-OH is 1. The Morgan fingerprint density at radius 3 is 2.36 bits per heavy atom. The van der Waals surface area contributed by atoms with Crippen molar-refractivity contribution in [3.63, 3.8) is 0 Å². The van der Waals surface area contributed by atoms with Gasteiger partial charge in [0, 0.05) is 12.1 Å². The van der Waals surface area contributed by atoms with E-state index in [1.54, 1.807) is 6.07 Å². The van der Waals surface area contributed by atoms with E-state index in [4.69, 9.17) is 0 Å². The lowest BCUT2D eigenvalue weighted by Gasteiger charge is -2.28. The van der Waals surface area contributed by atoms with Gasteiger partial charge in [-0.15, -0.1) is 0 Å². The first-order chi connectivity index (χ1) is 11.6. The number of rotatable bonds is 7. The van der Waals surface area contributed by atoms with E-state index in [-0.39, 0.29) is 23.5 Å². The summed E-state index contributed by atoms with van der Waals surface area (Å²) in [5, 5.41) is 23.5. The van der Waals surface area contributed by atoms with Crippen LogP contribution in [0.4, 0.5) is 5.69 Å². The van der Waals surface area contributed by atoms with E-state index in [0.717, 1.165) is 11.8 Å². The van der Waals surface area contributed by atoms with E-state index in [9.17, 15) is 18.6 Å². The van der Waals surface area contributed by atoms with Gasteiger partial charge < -0.3 is 15.5 Å². The highest BCUT2D eigenvalue weighted by molar-refractivity contribution is 7.92. The van der Waals surface area contributed by atoms with Crippen molar-refractivity contribution in [2.75, 3.05) is 17.5 Å². The van der Waals surface area contributed by atoms with Crippen LogP contribution in [0.1, 0.15) is 31.1 Å². The summed E-state index contributed by atoms with van der Waals surface area (Å²) in [6.07, 6.45) is 0.142. The number of sulfonamides is 1. The van der Waals surface area contributed by atoms with Gasteiger partial charge in [-0.25, -0.2) is 8.42 Å². The van der Waals surface area contributed by atoms with Crippen molar-refractivity contribution in [2.24, 2.45) is 0 Å². The van der Waals surface area contributed by atoms with Gasteiger partial charge >= 0.3 is 0 Å². The number of hydrogen-bond donors (Lipinski definition) is 4. The molecule has 0 fully saturated rings. The third-order valence-electron chi connectivity index (χ3n) is 3.93. The highest BCUT2D eigenvalue weighted by atomic mass is 32.2. The molecule has 0 aliphatic heterocycles. The lowest BCUT2D eigenvalue weighted by Crippen LogP contribution is -2.39. The van der Waals surface area contributed by atoms with Crippen LogP contribution in [-0.2, 0) is 15.6 Å². The first-order valence-electron chi connectivity index (χ1n) is 7.88. The highest BCUT2D eigenvalue weighted by Crippen LogP contribution is 2.28. The monoisotopic (exact) mass is 364 g/mol. The molecule has 25 heavy (non-hydrogen) atoms. The number of nitrogens with one attached hydrogen (secondary N) is 2. The molecule has 2 rings (SSSR count). The van der Waals surface area contributed by atoms with E-state index < -0.39 is 16.1 Å². The van der Waals surface area contributed by atoms with Crippen LogP contribution in [0.5, 0.6) is 5.75 Å². The molecule has 0 spiro atoms. The molecule has 7 heteroatoms. The Morgan fingerprint density at radius 2 is 1.76 bits per heavy atom. The van der Waals surface area contributed by atoms with Gasteiger partial charge in [-0.3, -0.25) is 4.72 Å². The van der Waals surface area contributed by atoms with Gasteiger partial charge in [-0.2, -0.15) is 0 Å². The third kappa shape index (κ3) is 5.45. The van der Waals surface area contributed by atoms with E-state index in [2.05, 4.69) is 10.0 Å².